The number of nitrogens with zero attached hydrogens (tertiary/aromatic N) is 2. The van der Waals surface area contributed by atoms with Crippen LogP contribution in [0.25, 0.3) is 0 Å². The molecule has 2 rings (SSSR count). The Morgan fingerprint density at radius 2 is 2.09 bits per heavy atom. The fraction of sp³-hybridized carbons (Fsp3) is 0.438. The van der Waals surface area contributed by atoms with Gasteiger partial charge in [0, 0.05) is 12.1 Å². The van der Waals surface area contributed by atoms with Crippen molar-refractivity contribution in [2.45, 2.75) is 40.3 Å². The third-order valence-corrected chi connectivity index (χ3v) is 4.04. The normalized spacial score (nSPS) is 12.4. The Morgan fingerprint density at radius 1 is 1.41 bits per heavy atom. The molecule has 1 aromatic carbocycles. The van der Waals surface area contributed by atoms with E-state index in [0.717, 1.165) is 11.4 Å². The number of amides is 1. The number of carbonyl (C=O) groups is 1. The minimum Gasteiger partial charge on any atom is -0.342 e. The average molecular weight is 318 g/mol. The summed E-state index contributed by atoms with van der Waals surface area (Å²) in [6.45, 7) is 8.77. The van der Waals surface area contributed by atoms with Gasteiger partial charge in [0.1, 0.15) is 0 Å². The van der Waals surface area contributed by atoms with Crippen molar-refractivity contribution in [1.82, 2.24) is 20.1 Å². The summed E-state index contributed by atoms with van der Waals surface area (Å²) in [6.07, 6.45) is 0. The summed E-state index contributed by atoms with van der Waals surface area (Å²) in [5.74, 6) is 0.876. The maximum absolute atomic E-state index is 12.6. The van der Waals surface area contributed by atoms with Crippen LogP contribution >= 0.6 is 12.2 Å². The third-order valence-electron chi connectivity index (χ3n) is 3.73. The largest absolute Gasteiger partial charge is 0.342 e. The maximum Gasteiger partial charge on any atom is 0.252 e. The van der Waals surface area contributed by atoms with E-state index in [2.05, 4.69) is 29.4 Å². The molecular formula is C16H22N4OS. The van der Waals surface area contributed by atoms with Crippen LogP contribution in [0.2, 0.25) is 0 Å². The van der Waals surface area contributed by atoms with Crippen LogP contribution in [0.1, 0.15) is 48.6 Å². The number of hydrogen-bond acceptors (Lipinski definition) is 3. The Balaban J connectivity index is 2.32. The minimum atomic E-state index is -0.194. The van der Waals surface area contributed by atoms with E-state index >= 15 is 0 Å². The molecule has 2 N–H and O–H groups in total. The van der Waals surface area contributed by atoms with E-state index in [9.17, 15) is 4.79 Å². The second kappa shape index (κ2) is 6.87. The zero-order valence-corrected chi connectivity index (χ0v) is 14.2. The Bertz CT molecular complexity index is 717. The monoisotopic (exact) mass is 318 g/mol. The van der Waals surface area contributed by atoms with E-state index in [4.69, 9.17) is 12.2 Å². The molecule has 1 amide bonds. The number of carbonyl (C=O) groups excluding carboxylic acids is 1. The molecule has 1 aromatic heterocycles. The van der Waals surface area contributed by atoms with Gasteiger partial charge in [-0.1, -0.05) is 32.0 Å². The molecule has 0 bridgehead atoms. The summed E-state index contributed by atoms with van der Waals surface area (Å²) in [4.78, 5) is 12.6. The van der Waals surface area contributed by atoms with Crippen LogP contribution in [-0.4, -0.2) is 20.7 Å². The smallest absolute Gasteiger partial charge is 0.252 e. The van der Waals surface area contributed by atoms with Gasteiger partial charge in [-0.15, -0.1) is 0 Å². The highest BCUT2D eigenvalue weighted by molar-refractivity contribution is 7.71. The van der Waals surface area contributed by atoms with Gasteiger partial charge in [0.05, 0.1) is 6.04 Å². The molecule has 2 aromatic rings. The Labute approximate surface area is 135 Å². The number of aryl methyl sites for hydroxylation is 1. The van der Waals surface area contributed by atoms with Crippen LogP contribution in [-0.2, 0) is 6.54 Å². The van der Waals surface area contributed by atoms with Crippen molar-refractivity contribution in [2.24, 2.45) is 5.92 Å². The van der Waals surface area contributed by atoms with E-state index in [1.54, 1.807) is 0 Å². The molecule has 0 fully saturated rings. The summed E-state index contributed by atoms with van der Waals surface area (Å²) < 4.78 is 2.49. The molecular weight excluding hydrogens is 296 g/mol. The molecule has 0 radical (unpaired) electrons. The average Bonchev–Trinajstić information content (AvgIpc) is 2.85. The van der Waals surface area contributed by atoms with Crippen LogP contribution in [0, 0.1) is 17.6 Å². The number of H-pyrrole nitrogens is 1. The number of hydrogen-bond donors (Lipinski definition) is 2. The van der Waals surface area contributed by atoms with Crippen LogP contribution < -0.4 is 5.32 Å². The van der Waals surface area contributed by atoms with Crippen molar-refractivity contribution in [3.05, 3.63) is 46.0 Å². The fourth-order valence-electron chi connectivity index (χ4n) is 2.45. The number of aromatic nitrogens is 3. The van der Waals surface area contributed by atoms with Gasteiger partial charge in [-0.3, -0.25) is 9.89 Å². The lowest BCUT2D eigenvalue weighted by molar-refractivity contribution is 0.0921. The van der Waals surface area contributed by atoms with Gasteiger partial charge in [-0.05, 0) is 43.6 Å². The van der Waals surface area contributed by atoms with Gasteiger partial charge in [0.25, 0.3) is 5.91 Å². The first-order chi connectivity index (χ1) is 10.5. The highest BCUT2D eigenvalue weighted by atomic mass is 32.1. The quantitative estimate of drug-likeness (QED) is 0.831. The van der Waals surface area contributed by atoms with Crippen molar-refractivity contribution in [3.8, 4) is 0 Å². The maximum atomic E-state index is 12.6. The first-order valence-corrected chi connectivity index (χ1v) is 7.88. The van der Waals surface area contributed by atoms with Crippen molar-refractivity contribution >= 4 is 18.1 Å². The molecule has 22 heavy (non-hydrogen) atoms. The van der Waals surface area contributed by atoms with Gasteiger partial charge in [0.2, 0.25) is 0 Å². The second-order valence-electron chi connectivity index (χ2n) is 5.64. The van der Waals surface area contributed by atoms with Crippen LogP contribution in [0.4, 0.5) is 0 Å². The predicted molar refractivity (Wildman–Crippen MR) is 89.3 cm³/mol. The zero-order valence-electron chi connectivity index (χ0n) is 13.4. The highest BCUT2D eigenvalue weighted by Crippen LogP contribution is 2.21. The summed E-state index contributed by atoms with van der Waals surface area (Å²) in [5.41, 5.74) is 1.64. The Kier molecular flexibility index (Phi) is 5.13. The van der Waals surface area contributed by atoms with Gasteiger partial charge in [-0.2, -0.15) is 5.10 Å². The first-order valence-electron chi connectivity index (χ1n) is 7.47. The van der Waals surface area contributed by atoms with Crippen molar-refractivity contribution in [2.75, 3.05) is 0 Å². The molecule has 1 unspecified atom stereocenters. The summed E-state index contributed by atoms with van der Waals surface area (Å²) in [6, 6.07) is 7.36. The zero-order chi connectivity index (χ0) is 16.3. The fourth-order valence-corrected chi connectivity index (χ4v) is 2.72. The van der Waals surface area contributed by atoms with Crippen molar-refractivity contribution < 1.29 is 4.79 Å². The van der Waals surface area contributed by atoms with Crippen molar-refractivity contribution in [1.29, 1.82) is 0 Å². The number of benzene rings is 1. The van der Waals surface area contributed by atoms with E-state index in [1.807, 2.05) is 42.7 Å². The predicted octanol–water partition coefficient (Wildman–Crippen LogP) is 3.40. The number of nitrogens with one attached hydrogen (secondary N) is 2. The van der Waals surface area contributed by atoms with Crippen LogP contribution in [0.5, 0.6) is 0 Å². The van der Waals surface area contributed by atoms with Crippen LogP contribution in [0.3, 0.4) is 0 Å². The lowest BCUT2D eigenvalue weighted by atomic mass is 10.0. The van der Waals surface area contributed by atoms with Crippen LogP contribution in [0.15, 0.2) is 24.3 Å². The number of aromatic amines is 1. The molecule has 0 saturated carbocycles. The first kappa shape index (κ1) is 16.4. The Hall–Kier alpha value is -1.95. The third kappa shape index (κ3) is 3.27. The van der Waals surface area contributed by atoms with Gasteiger partial charge in [0.15, 0.2) is 10.6 Å². The molecule has 0 aliphatic carbocycles. The second-order valence-corrected chi connectivity index (χ2v) is 6.03. The van der Waals surface area contributed by atoms with E-state index in [1.165, 1.54) is 0 Å². The number of rotatable bonds is 5. The van der Waals surface area contributed by atoms with Crippen molar-refractivity contribution in [3.63, 3.8) is 0 Å². The molecule has 5 nitrogen and oxygen atoms in total. The summed E-state index contributed by atoms with van der Waals surface area (Å²) in [7, 11) is 0. The van der Waals surface area contributed by atoms with E-state index < -0.39 is 0 Å². The van der Waals surface area contributed by atoms with E-state index in [0.29, 0.717) is 16.9 Å². The molecule has 0 spiro atoms. The lowest BCUT2D eigenvalue weighted by Gasteiger charge is -2.22. The standard InChI is InChI=1S/C16H22N4OS/c1-5-20-14(18-19-16(20)22)13(10(2)3)17-15(21)12-9-7-6-8-11(12)4/h6-10,13H,5H2,1-4H3,(H,17,21)(H,19,22). The molecule has 0 aliphatic rings. The minimum absolute atomic E-state index is 0.0895. The summed E-state index contributed by atoms with van der Waals surface area (Å²) >= 11 is 5.24. The molecule has 118 valence electrons. The molecule has 1 heterocycles. The SMILES string of the molecule is CCn1c(C(NC(=O)c2ccccc2C)C(C)C)n[nH]c1=S. The highest BCUT2D eigenvalue weighted by Gasteiger charge is 2.24. The summed E-state index contributed by atoms with van der Waals surface area (Å²) in [5, 5.41) is 10.2. The molecule has 0 saturated heterocycles. The molecule has 1 atom stereocenters. The van der Waals surface area contributed by atoms with Gasteiger partial charge < -0.3 is 9.88 Å². The van der Waals surface area contributed by atoms with Gasteiger partial charge in [-0.25, -0.2) is 0 Å². The Morgan fingerprint density at radius 3 is 2.68 bits per heavy atom. The topological polar surface area (TPSA) is 62.7 Å². The lowest BCUT2D eigenvalue weighted by Crippen LogP contribution is -2.34. The van der Waals surface area contributed by atoms with E-state index in [-0.39, 0.29) is 17.9 Å². The van der Waals surface area contributed by atoms with Gasteiger partial charge >= 0.3 is 0 Å². The molecule has 0 aliphatic heterocycles. The molecule has 6 heteroatoms.